The van der Waals surface area contributed by atoms with Crippen LogP contribution < -0.4 is 5.32 Å². The Bertz CT molecular complexity index is 998. The maximum absolute atomic E-state index is 13.2. The minimum Gasteiger partial charge on any atom is -0.356 e. The summed E-state index contributed by atoms with van der Waals surface area (Å²) in [7, 11) is -2.99. The highest BCUT2D eigenvalue weighted by molar-refractivity contribution is 7.91. The summed E-state index contributed by atoms with van der Waals surface area (Å²) in [6, 6.07) is 7.50. The summed E-state index contributed by atoms with van der Waals surface area (Å²) in [6.45, 7) is 3.34. The molecule has 1 aromatic carbocycles. The summed E-state index contributed by atoms with van der Waals surface area (Å²) in [5.41, 5.74) is 0.971. The molecule has 3 heterocycles. The predicted octanol–water partition coefficient (Wildman–Crippen LogP) is 0.965. The van der Waals surface area contributed by atoms with Crippen molar-refractivity contribution in [2.24, 2.45) is 5.92 Å². The van der Waals surface area contributed by atoms with Gasteiger partial charge in [0.05, 0.1) is 23.5 Å². The molecular weight excluding hydrogens is 418 g/mol. The molecule has 3 amide bonds. The lowest BCUT2D eigenvalue weighted by Crippen LogP contribution is -2.58. The molecule has 8 nitrogen and oxygen atoms in total. The van der Waals surface area contributed by atoms with Crippen LogP contribution in [0.2, 0.25) is 0 Å². The van der Waals surface area contributed by atoms with Gasteiger partial charge in [-0.25, -0.2) is 8.42 Å². The lowest BCUT2D eigenvalue weighted by Gasteiger charge is -2.47. The van der Waals surface area contributed by atoms with Crippen LogP contribution in [-0.4, -0.2) is 72.6 Å². The highest BCUT2D eigenvalue weighted by atomic mass is 32.2. The summed E-state index contributed by atoms with van der Waals surface area (Å²) in [5.74, 6) is -0.00490. The van der Waals surface area contributed by atoms with Crippen molar-refractivity contribution < 1.29 is 22.8 Å². The molecule has 3 aliphatic heterocycles. The molecule has 0 spiro atoms. The van der Waals surface area contributed by atoms with Gasteiger partial charge in [-0.05, 0) is 36.8 Å². The first kappa shape index (κ1) is 21.8. The molecule has 1 atom stereocenters. The molecule has 1 aromatic rings. The molecule has 3 aliphatic rings. The van der Waals surface area contributed by atoms with Crippen LogP contribution in [0.5, 0.6) is 0 Å². The molecule has 168 valence electrons. The van der Waals surface area contributed by atoms with E-state index >= 15 is 0 Å². The van der Waals surface area contributed by atoms with Crippen LogP contribution in [0.3, 0.4) is 0 Å². The smallest absolute Gasteiger partial charge is 0.254 e. The van der Waals surface area contributed by atoms with Crippen molar-refractivity contribution in [3.05, 3.63) is 35.4 Å². The number of rotatable bonds is 5. The first-order valence-electron chi connectivity index (χ1n) is 10.8. The third-order valence-electron chi connectivity index (χ3n) is 6.94. The predicted molar refractivity (Wildman–Crippen MR) is 115 cm³/mol. The SMILES string of the molecule is CC(=O)N1CCC(CC(=O)NCC2CCS(=O)(=O)C2)(N2Cc3ccccc3C2=O)CC1. The number of hydrogen-bond donors (Lipinski definition) is 1. The van der Waals surface area contributed by atoms with Gasteiger partial charge in [0.25, 0.3) is 5.91 Å². The fraction of sp³-hybridized carbons (Fsp3) is 0.591. The van der Waals surface area contributed by atoms with E-state index in [-0.39, 0.29) is 41.6 Å². The highest BCUT2D eigenvalue weighted by Crippen LogP contribution is 2.38. The molecule has 1 N–H and O–H groups in total. The number of piperidine rings is 1. The number of nitrogens with one attached hydrogen (secondary N) is 1. The van der Waals surface area contributed by atoms with Crippen LogP contribution in [0.4, 0.5) is 0 Å². The van der Waals surface area contributed by atoms with Crippen molar-refractivity contribution in [1.29, 1.82) is 0 Å². The summed E-state index contributed by atoms with van der Waals surface area (Å²) in [5, 5.41) is 2.91. The van der Waals surface area contributed by atoms with Gasteiger partial charge in [0, 0.05) is 38.7 Å². The highest BCUT2D eigenvalue weighted by Gasteiger charge is 2.47. The molecular formula is C22H29N3O5S. The number of hydrogen-bond acceptors (Lipinski definition) is 5. The Morgan fingerprint density at radius 3 is 2.52 bits per heavy atom. The second-order valence-electron chi connectivity index (χ2n) is 9.03. The maximum Gasteiger partial charge on any atom is 0.254 e. The molecule has 0 aromatic heterocycles. The number of sulfone groups is 1. The van der Waals surface area contributed by atoms with Gasteiger partial charge in [0.2, 0.25) is 11.8 Å². The standard InChI is InChI=1S/C22H29N3O5S/c1-16(26)24-9-7-22(8-10-24,25-14-18-4-2-3-5-19(18)21(25)28)12-20(27)23-13-17-6-11-31(29,30)15-17/h2-5,17H,6-15H2,1H3,(H,23,27). The lowest BCUT2D eigenvalue weighted by molar-refractivity contribution is -0.132. The summed E-state index contributed by atoms with van der Waals surface area (Å²) >= 11 is 0. The molecule has 31 heavy (non-hydrogen) atoms. The van der Waals surface area contributed by atoms with Gasteiger partial charge in [0.15, 0.2) is 9.84 Å². The number of carbonyl (C=O) groups is 3. The minimum atomic E-state index is -2.99. The zero-order valence-electron chi connectivity index (χ0n) is 17.8. The summed E-state index contributed by atoms with van der Waals surface area (Å²) in [6.07, 6.45) is 1.80. The molecule has 1 unspecified atom stereocenters. The first-order chi connectivity index (χ1) is 14.7. The van der Waals surface area contributed by atoms with Crippen LogP contribution in [0, 0.1) is 5.92 Å². The number of benzene rings is 1. The van der Waals surface area contributed by atoms with Gasteiger partial charge >= 0.3 is 0 Å². The number of nitrogens with zero attached hydrogens (tertiary/aromatic N) is 2. The number of carbonyl (C=O) groups excluding carboxylic acids is 3. The van der Waals surface area contributed by atoms with Crippen LogP contribution >= 0.6 is 0 Å². The number of fused-ring (bicyclic) bond motifs is 1. The molecule has 0 radical (unpaired) electrons. The average Bonchev–Trinajstić information content (AvgIpc) is 3.26. The molecule has 4 rings (SSSR count). The zero-order chi connectivity index (χ0) is 22.2. The maximum atomic E-state index is 13.2. The Morgan fingerprint density at radius 1 is 1.19 bits per heavy atom. The van der Waals surface area contributed by atoms with Crippen molar-refractivity contribution in [2.75, 3.05) is 31.1 Å². The Balaban J connectivity index is 1.48. The zero-order valence-corrected chi connectivity index (χ0v) is 18.6. The van der Waals surface area contributed by atoms with Crippen LogP contribution in [-0.2, 0) is 26.0 Å². The van der Waals surface area contributed by atoms with E-state index in [4.69, 9.17) is 0 Å². The first-order valence-corrected chi connectivity index (χ1v) is 12.6. The quantitative estimate of drug-likeness (QED) is 0.724. The summed E-state index contributed by atoms with van der Waals surface area (Å²) < 4.78 is 23.3. The Labute approximate surface area is 182 Å². The normalized spacial score (nSPS) is 24.2. The molecule has 0 aliphatic carbocycles. The molecule has 0 saturated carbocycles. The van der Waals surface area contributed by atoms with E-state index in [0.29, 0.717) is 51.0 Å². The Morgan fingerprint density at radius 2 is 1.90 bits per heavy atom. The van der Waals surface area contributed by atoms with Crippen molar-refractivity contribution >= 4 is 27.6 Å². The van der Waals surface area contributed by atoms with Gasteiger partial charge in [-0.1, -0.05) is 18.2 Å². The van der Waals surface area contributed by atoms with E-state index in [1.807, 2.05) is 29.2 Å². The van der Waals surface area contributed by atoms with Crippen LogP contribution in [0.15, 0.2) is 24.3 Å². The third kappa shape index (κ3) is 4.46. The molecule has 0 bridgehead atoms. The lowest BCUT2D eigenvalue weighted by atomic mass is 9.82. The fourth-order valence-corrected chi connectivity index (χ4v) is 6.93. The van der Waals surface area contributed by atoms with Gasteiger partial charge in [0.1, 0.15) is 0 Å². The van der Waals surface area contributed by atoms with Crippen molar-refractivity contribution in [1.82, 2.24) is 15.1 Å². The van der Waals surface area contributed by atoms with Crippen LogP contribution in [0.1, 0.15) is 48.5 Å². The molecule has 2 saturated heterocycles. The van der Waals surface area contributed by atoms with Crippen LogP contribution in [0.25, 0.3) is 0 Å². The topological polar surface area (TPSA) is 104 Å². The van der Waals surface area contributed by atoms with Crippen molar-refractivity contribution in [2.45, 2.75) is 44.7 Å². The second-order valence-corrected chi connectivity index (χ2v) is 11.3. The Kier molecular flexibility index (Phi) is 5.81. The van der Waals surface area contributed by atoms with E-state index in [0.717, 1.165) is 5.56 Å². The van der Waals surface area contributed by atoms with E-state index in [1.165, 1.54) is 6.92 Å². The largest absolute Gasteiger partial charge is 0.356 e. The minimum absolute atomic E-state index is 0.00321. The van der Waals surface area contributed by atoms with E-state index in [1.54, 1.807) is 4.90 Å². The van der Waals surface area contributed by atoms with Gasteiger partial charge < -0.3 is 15.1 Å². The number of amides is 3. The Hall–Kier alpha value is -2.42. The molecule has 9 heteroatoms. The van der Waals surface area contributed by atoms with Crippen molar-refractivity contribution in [3.8, 4) is 0 Å². The number of likely N-dealkylation sites (tertiary alicyclic amines) is 1. The van der Waals surface area contributed by atoms with Crippen molar-refractivity contribution in [3.63, 3.8) is 0 Å². The van der Waals surface area contributed by atoms with E-state index in [9.17, 15) is 22.8 Å². The summed E-state index contributed by atoms with van der Waals surface area (Å²) in [4.78, 5) is 41.5. The third-order valence-corrected chi connectivity index (χ3v) is 8.77. The van der Waals surface area contributed by atoms with E-state index < -0.39 is 15.4 Å². The monoisotopic (exact) mass is 447 g/mol. The second kappa shape index (κ2) is 8.26. The average molecular weight is 448 g/mol. The fourth-order valence-electron chi connectivity index (χ4n) is 5.07. The van der Waals surface area contributed by atoms with Gasteiger partial charge in [-0.2, -0.15) is 0 Å². The van der Waals surface area contributed by atoms with Gasteiger partial charge in [-0.3, -0.25) is 14.4 Å². The van der Waals surface area contributed by atoms with E-state index in [2.05, 4.69) is 5.32 Å². The van der Waals surface area contributed by atoms with Gasteiger partial charge in [-0.15, -0.1) is 0 Å². The molecule has 2 fully saturated rings.